The summed E-state index contributed by atoms with van der Waals surface area (Å²) in [5.41, 5.74) is 2.34. The van der Waals surface area contributed by atoms with E-state index in [-0.39, 0.29) is 12.5 Å². The number of aliphatic hydroxyl groups excluding tert-OH is 1. The number of carbonyl (C=O) groups is 1. The molecule has 2 aromatic carbocycles. The summed E-state index contributed by atoms with van der Waals surface area (Å²) in [6.45, 7) is 0.156. The summed E-state index contributed by atoms with van der Waals surface area (Å²) in [6.07, 6.45) is -0.743. The molecule has 2 rings (SSSR count). The topological polar surface area (TPSA) is 52.6 Å². The standard InChI is InChI=1S/C17H19ClN2O2/c1-20(2)15-9-5-12(6-10-15)16(21)11-19-17(22)13-3-7-14(18)8-4-13/h3-10,16,21H,11H2,1-2H3,(H,19,22). The van der Waals surface area contributed by atoms with Crippen LogP contribution in [0.5, 0.6) is 0 Å². The molecule has 1 unspecified atom stereocenters. The van der Waals surface area contributed by atoms with Crippen molar-refractivity contribution in [3.63, 3.8) is 0 Å². The van der Waals surface area contributed by atoms with Crippen molar-refractivity contribution in [1.29, 1.82) is 0 Å². The monoisotopic (exact) mass is 318 g/mol. The highest BCUT2D eigenvalue weighted by molar-refractivity contribution is 6.30. The van der Waals surface area contributed by atoms with E-state index in [1.54, 1.807) is 24.3 Å². The maximum atomic E-state index is 12.0. The second-order valence-electron chi connectivity index (χ2n) is 5.22. The second kappa shape index (κ2) is 7.29. The lowest BCUT2D eigenvalue weighted by Crippen LogP contribution is -2.28. The van der Waals surface area contributed by atoms with E-state index in [9.17, 15) is 9.90 Å². The molecule has 2 N–H and O–H groups in total. The summed E-state index contributed by atoms with van der Waals surface area (Å²) >= 11 is 5.78. The number of nitrogens with zero attached hydrogens (tertiary/aromatic N) is 1. The summed E-state index contributed by atoms with van der Waals surface area (Å²) in [5, 5.41) is 13.4. The van der Waals surface area contributed by atoms with Crippen molar-refractivity contribution in [1.82, 2.24) is 5.32 Å². The Hall–Kier alpha value is -2.04. The molecule has 0 saturated carbocycles. The summed E-state index contributed by atoms with van der Waals surface area (Å²) in [7, 11) is 3.91. The Kier molecular flexibility index (Phi) is 5.41. The minimum atomic E-state index is -0.743. The first kappa shape index (κ1) is 16.3. The van der Waals surface area contributed by atoms with Crippen LogP contribution in [0.4, 0.5) is 5.69 Å². The maximum absolute atomic E-state index is 12.0. The third kappa shape index (κ3) is 4.23. The molecular formula is C17H19ClN2O2. The molecule has 1 amide bonds. The number of rotatable bonds is 5. The predicted molar refractivity (Wildman–Crippen MR) is 89.5 cm³/mol. The number of amides is 1. The van der Waals surface area contributed by atoms with Crippen molar-refractivity contribution in [2.24, 2.45) is 0 Å². The quantitative estimate of drug-likeness (QED) is 0.891. The first-order valence-corrected chi connectivity index (χ1v) is 7.34. The van der Waals surface area contributed by atoms with E-state index in [1.165, 1.54) is 0 Å². The zero-order valence-corrected chi connectivity index (χ0v) is 13.3. The lowest BCUT2D eigenvalue weighted by atomic mass is 10.1. The molecule has 0 bridgehead atoms. The third-order valence-electron chi connectivity index (χ3n) is 3.36. The molecule has 0 aromatic heterocycles. The zero-order chi connectivity index (χ0) is 16.1. The highest BCUT2D eigenvalue weighted by Crippen LogP contribution is 2.17. The smallest absolute Gasteiger partial charge is 0.251 e. The van der Waals surface area contributed by atoms with Crippen LogP contribution in [-0.4, -0.2) is 31.7 Å². The number of hydrogen-bond acceptors (Lipinski definition) is 3. The van der Waals surface area contributed by atoms with Gasteiger partial charge in [-0.25, -0.2) is 0 Å². The number of aliphatic hydroxyl groups is 1. The summed E-state index contributed by atoms with van der Waals surface area (Å²) in [5.74, 6) is -0.236. The van der Waals surface area contributed by atoms with Crippen molar-refractivity contribution >= 4 is 23.2 Å². The second-order valence-corrected chi connectivity index (χ2v) is 5.66. The molecule has 1 atom stereocenters. The van der Waals surface area contributed by atoms with Gasteiger partial charge in [-0.3, -0.25) is 4.79 Å². The van der Waals surface area contributed by atoms with Gasteiger partial charge in [-0.1, -0.05) is 23.7 Å². The van der Waals surface area contributed by atoms with E-state index < -0.39 is 6.10 Å². The van der Waals surface area contributed by atoms with Gasteiger partial charge in [0.05, 0.1) is 6.10 Å². The summed E-state index contributed by atoms with van der Waals surface area (Å²) in [4.78, 5) is 13.9. The van der Waals surface area contributed by atoms with E-state index >= 15 is 0 Å². The number of nitrogens with one attached hydrogen (secondary N) is 1. The van der Waals surface area contributed by atoms with Gasteiger partial charge in [-0.2, -0.15) is 0 Å². The molecule has 2 aromatic rings. The molecule has 0 aliphatic heterocycles. The van der Waals surface area contributed by atoms with Gasteiger partial charge in [0.25, 0.3) is 5.91 Å². The first-order valence-electron chi connectivity index (χ1n) is 6.96. The molecule has 0 radical (unpaired) electrons. The van der Waals surface area contributed by atoms with Gasteiger partial charge in [0.1, 0.15) is 0 Å². The first-order chi connectivity index (χ1) is 10.5. The number of carbonyl (C=O) groups excluding carboxylic acids is 1. The van der Waals surface area contributed by atoms with Crippen LogP contribution in [0.1, 0.15) is 22.0 Å². The SMILES string of the molecule is CN(C)c1ccc(C(O)CNC(=O)c2ccc(Cl)cc2)cc1. The lowest BCUT2D eigenvalue weighted by Gasteiger charge is -2.15. The predicted octanol–water partition coefficient (Wildman–Crippen LogP) is 2.87. The van der Waals surface area contributed by atoms with E-state index in [1.807, 2.05) is 43.3 Å². The minimum Gasteiger partial charge on any atom is -0.387 e. The van der Waals surface area contributed by atoms with Gasteiger partial charge < -0.3 is 15.3 Å². The fourth-order valence-corrected chi connectivity index (χ4v) is 2.13. The Bertz CT molecular complexity index is 624. The molecule has 0 heterocycles. The van der Waals surface area contributed by atoms with Gasteiger partial charge in [0.15, 0.2) is 0 Å². The van der Waals surface area contributed by atoms with Gasteiger partial charge in [-0.05, 0) is 42.0 Å². The summed E-state index contributed by atoms with van der Waals surface area (Å²) < 4.78 is 0. The highest BCUT2D eigenvalue weighted by Gasteiger charge is 2.11. The Morgan fingerprint density at radius 1 is 1.14 bits per heavy atom. The fraction of sp³-hybridized carbons (Fsp3) is 0.235. The maximum Gasteiger partial charge on any atom is 0.251 e. The van der Waals surface area contributed by atoms with Gasteiger partial charge in [0, 0.05) is 36.9 Å². The van der Waals surface area contributed by atoms with Crippen LogP contribution in [0, 0.1) is 0 Å². The molecule has 4 nitrogen and oxygen atoms in total. The van der Waals surface area contributed by atoms with Gasteiger partial charge in [-0.15, -0.1) is 0 Å². The zero-order valence-electron chi connectivity index (χ0n) is 12.6. The van der Waals surface area contributed by atoms with Crippen LogP contribution in [0.3, 0.4) is 0 Å². The number of anilines is 1. The van der Waals surface area contributed by atoms with E-state index in [4.69, 9.17) is 11.6 Å². The molecule has 0 saturated heterocycles. The molecule has 22 heavy (non-hydrogen) atoms. The molecule has 116 valence electrons. The van der Waals surface area contributed by atoms with Crippen LogP contribution < -0.4 is 10.2 Å². The average Bonchev–Trinajstić information content (AvgIpc) is 2.53. The Morgan fingerprint density at radius 2 is 1.73 bits per heavy atom. The summed E-state index contributed by atoms with van der Waals surface area (Å²) in [6, 6.07) is 14.2. The van der Waals surface area contributed by atoms with Crippen LogP contribution in [0.2, 0.25) is 5.02 Å². The number of halogens is 1. The minimum absolute atomic E-state index is 0.156. The van der Waals surface area contributed by atoms with Crippen molar-refractivity contribution < 1.29 is 9.90 Å². The van der Waals surface area contributed by atoms with Crippen molar-refractivity contribution in [3.05, 3.63) is 64.7 Å². The molecular weight excluding hydrogens is 300 g/mol. The molecule has 0 spiro atoms. The van der Waals surface area contributed by atoms with Gasteiger partial charge in [0.2, 0.25) is 0 Å². The molecule has 5 heteroatoms. The van der Waals surface area contributed by atoms with Crippen molar-refractivity contribution in [2.45, 2.75) is 6.10 Å². The Labute approximate surface area is 135 Å². The Morgan fingerprint density at radius 3 is 2.27 bits per heavy atom. The molecule has 0 aliphatic carbocycles. The van der Waals surface area contributed by atoms with E-state index in [0.717, 1.165) is 11.3 Å². The average molecular weight is 319 g/mol. The van der Waals surface area contributed by atoms with Crippen LogP contribution >= 0.6 is 11.6 Å². The molecule has 0 fully saturated rings. The highest BCUT2D eigenvalue weighted by atomic mass is 35.5. The normalized spacial score (nSPS) is 11.8. The third-order valence-corrected chi connectivity index (χ3v) is 3.61. The van der Waals surface area contributed by atoms with Crippen LogP contribution in [-0.2, 0) is 0 Å². The van der Waals surface area contributed by atoms with Crippen LogP contribution in [0.25, 0.3) is 0 Å². The van der Waals surface area contributed by atoms with E-state index in [0.29, 0.717) is 10.6 Å². The largest absolute Gasteiger partial charge is 0.387 e. The lowest BCUT2D eigenvalue weighted by molar-refractivity contribution is 0.0916. The van der Waals surface area contributed by atoms with Crippen LogP contribution in [0.15, 0.2) is 48.5 Å². The van der Waals surface area contributed by atoms with Crippen molar-refractivity contribution in [2.75, 3.05) is 25.5 Å². The van der Waals surface area contributed by atoms with E-state index in [2.05, 4.69) is 5.32 Å². The Balaban J connectivity index is 1.93. The number of benzene rings is 2. The molecule has 0 aliphatic rings. The van der Waals surface area contributed by atoms with Crippen molar-refractivity contribution in [3.8, 4) is 0 Å². The fourth-order valence-electron chi connectivity index (χ4n) is 2.01. The number of hydrogen-bond donors (Lipinski definition) is 2. The van der Waals surface area contributed by atoms with Gasteiger partial charge >= 0.3 is 0 Å².